The van der Waals surface area contributed by atoms with E-state index >= 15 is 0 Å². The Balaban J connectivity index is 2.14. The Hall–Kier alpha value is -0.380. The summed E-state index contributed by atoms with van der Waals surface area (Å²) in [5.41, 5.74) is 5.96. The van der Waals surface area contributed by atoms with Gasteiger partial charge in [0.05, 0.1) is 0 Å². The van der Waals surface area contributed by atoms with Crippen molar-refractivity contribution in [2.45, 2.75) is 25.3 Å². The summed E-state index contributed by atoms with van der Waals surface area (Å²) in [6.45, 7) is 0.818. The minimum absolute atomic E-state index is 0.286. The molecule has 1 atom stereocenters. The topological polar surface area (TPSA) is 35.2 Å². The van der Waals surface area contributed by atoms with Crippen LogP contribution in [0.4, 0.5) is 0 Å². The molecule has 0 fully saturated rings. The zero-order chi connectivity index (χ0) is 9.52. The van der Waals surface area contributed by atoms with E-state index < -0.39 is 0 Å². The second-order valence-electron chi connectivity index (χ2n) is 3.18. The van der Waals surface area contributed by atoms with Gasteiger partial charge in [-0.25, -0.2) is 0 Å². The molecule has 0 aliphatic carbocycles. The highest BCUT2D eigenvalue weighted by molar-refractivity contribution is 7.09. The van der Waals surface area contributed by atoms with Crippen LogP contribution in [0.25, 0.3) is 0 Å². The molecule has 0 aliphatic heterocycles. The first-order chi connectivity index (χ1) is 6.33. The first-order valence-corrected chi connectivity index (χ1v) is 5.48. The predicted molar refractivity (Wildman–Crippen MR) is 57.1 cm³/mol. The van der Waals surface area contributed by atoms with E-state index in [1.165, 1.54) is 4.88 Å². The maximum atomic E-state index is 5.96. The summed E-state index contributed by atoms with van der Waals surface area (Å²) >= 11 is 1.78. The van der Waals surface area contributed by atoms with Gasteiger partial charge in [0.15, 0.2) is 0 Å². The molecule has 1 unspecified atom stereocenters. The summed E-state index contributed by atoms with van der Waals surface area (Å²) in [4.78, 5) is 1.38. The van der Waals surface area contributed by atoms with Crippen molar-refractivity contribution in [3.05, 3.63) is 22.4 Å². The molecule has 0 saturated carbocycles. The highest BCUT2D eigenvalue weighted by atomic mass is 32.1. The second kappa shape index (κ2) is 6.13. The number of methoxy groups -OCH3 is 1. The van der Waals surface area contributed by atoms with Crippen LogP contribution in [0, 0.1) is 0 Å². The average Bonchev–Trinajstić information content (AvgIpc) is 2.57. The van der Waals surface area contributed by atoms with Gasteiger partial charge in [0, 0.05) is 24.6 Å². The molecule has 0 bridgehead atoms. The van der Waals surface area contributed by atoms with Crippen LogP contribution in [0.1, 0.15) is 17.7 Å². The van der Waals surface area contributed by atoms with Crippen LogP contribution in [0.3, 0.4) is 0 Å². The van der Waals surface area contributed by atoms with E-state index in [0.717, 1.165) is 25.9 Å². The molecule has 0 aromatic carbocycles. The van der Waals surface area contributed by atoms with E-state index in [1.54, 1.807) is 18.4 Å². The number of hydrogen-bond acceptors (Lipinski definition) is 3. The van der Waals surface area contributed by atoms with E-state index in [0.29, 0.717) is 0 Å². The Morgan fingerprint density at radius 3 is 3.08 bits per heavy atom. The van der Waals surface area contributed by atoms with Gasteiger partial charge < -0.3 is 10.5 Å². The molecule has 1 aromatic rings. The van der Waals surface area contributed by atoms with Gasteiger partial charge in [-0.3, -0.25) is 0 Å². The second-order valence-corrected chi connectivity index (χ2v) is 4.21. The molecule has 0 radical (unpaired) electrons. The van der Waals surface area contributed by atoms with Crippen molar-refractivity contribution in [2.24, 2.45) is 5.73 Å². The first kappa shape index (κ1) is 10.7. The monoisotopic (exact) mass is 199 g/mol. The van der Waals surface area contributed by atoms with Crippen molar-refractivity contribution >= 4 is 11.3 Å². The lowest BCUT2D eigenvalue weighted by Crippen LogP contribution is -2.22. The smallest absolute Gasteiger partial charge is 0.0462 e. The van der Waals surface area contributed by atoms with Crippen LogP contribution in [0.15, 0.2) is 17.5 Å². The molecular weight excluding hydrogens is 182 g/mol. The van der Waals surface area contributed by atoms with Gasteiger partial charge in [0.25, 0.3) is 0 Å². The van der Waals surface area contributed by atoms with Crippen molar-refractivity contribution in [2.75, 3.05) is 13.7 Å². The molecule has 13 heavy (non-hydrogen) atoms. The third-order valence-electron chi connectivity index (χ3n) is 1.97. The molecule has 1 heterocycles. The standard InChI is InChI=1S/C10H17NOS/c1-12-6-2-4-9(11)8-10-5-3-7-13-10/h3,5,7,9H,2,4,6,8,11H2,1H3. The maximum absolute atomic E-state index is 5.96. The van der Waals surface area contributed by atoms with Gasteiger partial charge >= 0.3 is 0 Å². The number of nitrogens with two attached hydrogens (primary N) is 1. The van der Waals surface area contributed by atoms with E-state index in [-0.39, 0.29) is 6.04 Å². The van der Waals surface area contributed by atoms with Crippen molar-refractivity contribution in [3.8, 4) is 0 Å². The number of rotatable bonds is 6. The fourth-order valence-corrected chi connectivity index (χ4v) is 2.08. The van der Waals surface area contributed by atoms with Crippen LogP contribution >= 0.6 is 11.3 Å². The fourth-order valence-electron chi connectivity index (χ4n) is 1.28. The molecule has 74 valence electrons. The zero-order valence-corrected chi connectivity index (χ0v) is 8.85. The largest absolute Gasteiger partial charge is 0.385 e. The Kier molecular flexibility index (Phi) is 5.05. The van der Waals surface area contributed by atoms with Gasteiger partial charge in [0.1, 0.15) is 0 Å². The van der Waals surface area contributed by atoms with Crippen molar-refractivity contribution in [3.63, 3.8) is 0 Å². The average molecular weight is 199 g/mol. The Labute approximate surface area is 83.7 Å². The third-order valence-corrected chi connectivity index (χ3v) is 2.87. The Morgan fingerprint density at radius 2 is 2.46 bits per heavy atom. The molecule has 1 rings (SSSR count). The quantitative estimate of drug-likeness (QED) is 0.712. The van der Waals surface area contributed by atoms with E-state index in [4.69, 9.17) is 10.5 Å². The zero-order valence-electron chi connectivity index (χ0n) is 8.03. The van der Waals surface area contributed by atoms with Gasteiger partial charge in [-0.05, 0) is 30.7 Å². The van der Waals surface area contributed by atoms with Crippen LogP contribution < -0.4 is 5.73 Å². The van der Waals surface area contributed by atoms with Crippen LogP contribution in [0.5, 0.6) is 0 Å². The van der Waals surface area contributed by atoms with E-state index in [2.05, 4.69) is 17.5 Å². The first-order valence-electron chi connectivity index (χ1n) is 4.60. The van der Waals surface area contributed by atoms with Crippen LogP contribution in [-0.2, 0) is 11.2 Å². The summed E-state index contributed by atoms with van der Waals surface area (Å²) in [5.74, 6) is 0. The maximum Gasteiger partial charge on any atom is 0.0462 e. The van der Waals surface area contributed by atoms with Crippen LogP contribution in [0.2, 0.25) is 0 Å². The molecule has 3 heteroatoms. The summed E-state index contributed by atoms with van der Waals surface area (Å²) < 4.78 is 4.97. The van der Waals surface area contributed by atoms with Crippen molar-refractivity contribution in [1.29, 1.82) is 0 Å². The molecule has 0 spiro atoms. The molecular formula is C10H17NOS. The minimum Gasteiger partial charge on any atom is -0.385 e. The number of hydrogen-bond donors (Lipinski definition) is 1. The molecule has 0 amide bonds. The Morgan fingerprint density at radius 1 is 1.62 bits per heavy atom. The summed E-state index contributed by atoms with van der Waals surface area (Å²) in [6, 6.07) is 4.50. The minimum atomic E-state index is 0.286. The lowest BCUT2D eigenvalue weighted by atomic mass is 10.1. The van der Waals surface area contributed by atoms with Gasteiger partial charge in [-0.2, -0.15) is 0 Å². The summed E-state index contributed by atoms with van der Waals surface area (Å²) in [5, 5.41) is 2.09. The normalized spacial score (nSPS) is 13.1. The predicted octanol–water partition coefficient (Wildman–Crippen LogP) is 2.04. The number of thiophene rings is 1. The van der Waals surface area contributed by atoms with Gasteiger partial charge in [-0.1, -0.05) is 6.07 Å². The molecule has 2 N–H and O–H groups in total. The fraction of sp³-hybridized carbons (Fsp3) is 0.600. The Bertz CT molecular complexity index is 211. The van der Waals surface area contributed by atoms with Crippen molar-refractivity contribution < 1.29 is 4.74 Å². The SMILES string of the molecule is COCCCC(N)Cc1cccs1. The third kappa shape index (κ3) is 4.41. The highest BCUT2D eigenvalue weighted by Gasteiger charge is 2.03. The van der Waals surface area contributed by atoms with E-state index in [9.17, 15) is 0 Å². The molecule has 1 aromatic heterocycles. The summed E-state index contributed by atoms with van der Waals surface area (Å²) in [6.07, 6.45) is 3.11. The van der Waals surface area contributed by atoms with Gasteiger partial charge in [-0.15, -0.1) is 11.3 Å². The van der Waals surface area contributed by atoms with E-state index in [1.807, 2.05) is 0 Å². The van der Waals surface area contributed by atoms with Crippen molar-refractivity contribution in [1.82, 2.24) is 0 Å². The summed E-state index contributed by atoms with van der Waals surface area (Å²) in [7, 11) is 1.73. The lowest BCUT2D eigenvalue weighted by molar-refractivity contribution is 0.190. The highest BCUT2D eigenvalue weighted by Crippen LogP contribution is 2.12. The lowest BCUT2D eigenvalue weighted by Gasteiger charge is -2.09. The molecule has 0 saturated heterocycles. The number of ether oxygens (including phenoxy) is 1. The molecule has 2 nitrogen and oxygen atoms in total. The van der Waals surface area contributed by atoms with Crippen LogP contribution in [-0.4, -0.2) is 19.8 Å². The molecule has 0 aliphatic rings. The van der Waals surface area contributed by atoms with Gasteiger partial charge in [0.2, 0.25) is 0 Å².